The summed E-state index contributed by atoms with van der Waals surface area (Å²) in [5.41, 5.74) is 11.3. The van der Waals surface area contributed by atoms with Crippen molar-refractivity contribution in [1.82, 2.24) is 4.90 Å². The first-order chi connectivity index (χ1) is 13.0. The second-order valence-corrected chi connectivity index (χ2v) is 9.25. The van der Waals surface area contributed by atoms with Crippen LogP contribution in [0.25, 0.3) is 5.57 Å². The van der Waals surface area contributed by atoms with E-state index in [-0.39, 0.29) is 44.2 Å². The van der Waals surface area contributed by atoms with Crippen molar-refractivity contribution in [3.05, 3.63) is 81.9 Å². The first-order valence-electron chi connectivity index (χ1n) is 9.64. The van der Waals surface area contributed by atoms with E-state index in [2.05, 4.69) is 92.1 Å². The molecule has 0 fully saturated rings. The van der Waals surface area contributed by atoms with Gasteiger partial charge in [0.25, 0.3) is 0 Å². The van der Waals surface area contributed by atoms with Crippen LogP contribution in [0.5, 0.6) is 0 Å². The van der Waals surface area contributed by atoms with Gasteiger partial charge in [0.1, 0.15) is 0 Å². The Labute approximate surface area is 197 Å². The third-order valence-corrected chi connectivity index (χ3v) is 6.56. The third kappa shape index (κ3) is 6.74. The number of nitrogens with zero attached hydrogens (tertiary/aromatic N) is 1. The SMILES string of the molecule is Cc1cc(C)c([NH][Ti][CH2]c2ccccc2C2=C(CN(C)C)C=CC2)c(C)c1.Cl.Cl. The number of aryl methyl sites for hydroxylation is 3. The van der Waals surface area contributed by atoms with E-state index in [1.807, 2.05) is 0 Å². The van der Waals surface area contributed by atoms with Crippen molar-refractivity contribution in [1.29, 1.82) is 0 Å². The number of nitrogens with one attached hydrogen (secondary N) is 1. The summed E-state index contributed by atoms with van der Waals surface area (Å²) in [6.45, 7) is 7.61. The van der Waals surface area contributed by atoms with Gasteiger partial charge in [-0.05, 0) is 0 Å². The van der Waals surface area contributed by atoms with Gasteiger partial charge in [-0.2, -0.15) is 0 Å². The molecule has 0 radical (unpaired) electrons. The van der Waals surface area contributed by atoms with Gasteiger partial charge in [-0.3, -0.25) is 0 Å². The molecule has 0 amide bonds. The molecule has 0 atom stereocenters. The van der Waals surface area contributed by atoms with Gasteiger partial charge < -0.3 is 0 Å². The zero-order valence-corrected chi connectivity index (χ0v) is 21.2. The number of hydrogen-bond acceptors (Lipinski definition) is 2. The van der Waals surface area contributed by atoms with E-state index in [1.54, 1.807) is 0 Å². The normalized spacial score (nSPS) is 12.6. The molecule has 1 N–H and O–H groups in total. The van der Waals surface area contributed by atoms with E-state index in [1.165, 1.54) is 44.7 Å². The average Bonchev–Trinajstić information content (AvgIpc) is 3.04. The van der Waals surface area contributed by atoms with E-state index in [0.29, 0.717) is 0 Å². The Bertz CT molecular complexity index is 865. The van der Waals surface area contributed by atoms with Gasteiger partial charge in [-0.25, -0.2) is 0 Å². The zero-order valence-electron chi connectivity index (χ0n) is 18.0. The van der Waals surface area contributed by atoms with Crippen molar-refractivity contribution in [2.45, 2.75) is 31.9 Å². The number of benzene rings is 2. The molecule has 0 bridgehead atoms. The molecule has 2 aromatic carbocycles. The number of likely N-dealkylation sites (N-methyl/N-ethyl adjacent to an activating group) is 1. The number of anilines is 1. The van der Waals surface area contributed by atoms with Crippen molar-refractivity contribution in [3.63, 3.8) is 0 Å². The zero-order chi connectivity index (χ0) is 19.4. The molecule has 29 heavy (non-hydrogen) atoms. The summed E-state index contributed by atoms with van der Waals surface area (Å²) in [4.78, 5) is 2.26. The molecule has 5 heteroatoms. The van der Waals surface area contributed by atoms with Crippen molar-refractivity contribution < 1.29 is 19.4 Å². The fraction of sp³-hybridized carbons (Fsp3) is 0.333. The van der Waals surface area contributed by atoms with Gasteiger partial charge in [0.15, 0.2) is 0 Å². The first kappa shape index (κ1) is 26.0. The van der Waals surface area contributed by atoms with Crippen molar-refractivity contribution in [2.75, 3.05) is 24.4 Å². The van der Waals surface area contributed by atoms with Crippen LogP contribution >= 0.6 is 24.8 Å². The summed E-state index contributed by atoms with van der Waals surface area (Å²) in [7, 11) is 4.29. The molecule has 0 aliphatic heterocycles. The topological polar surface area (TPSA) is 15.3 Å². The van der Waals surface area contributed by atoms with Crippen LogP contribution in [-0.2, 0) is 24.1 Å². The number of halogens is 2. The van der Waals surface area contributed by atoms with Gasteiger partial charge in [-0.1, -0.05) is 0 Å². The van der Waals surface area contributed by atoms with Crippen LogP contribution in [0.4, 0.5) is 5.69 Å². The molecule has 0 unspecified atom stereocenters. The standard InChI is InChI=1S/C15H18N.C9H12N.2ClH.Ti/c1-12-7-4-5-9-14(12)15-10-6-8-13(15)11-16(2)3;1-6-4-7(2)9(10)8(3)5-6;;;/h4-9H,1,10-11H2,2-3H3;4-5,10H,1-3H3;2*1H;/q;-1;;;+1. The van der Waals surface area contributed by atoms with Crippen LogP contribution in [-0.4, -0.2) is 25.5 Å². The average molecular weight is 467 g/mol. The molecule has 2 nitrogen and oxygen atoms in total. The molecule has 0 heterocycles. The molecule has 156 valence electrons. The minimum atomic E-state index is -0.293. The second-order valence-electron chi connectivity index (χ2n) is 7.76. The smallest absolute Gasteiger partial charge is 0.147 e. The first-order valence-corrected chi connectivity index (χ1v) is 11.5. The van der Waals surface area contributed by atoms with Gasteiger partial charge in [0, 0.05) is 0 Å². The van der Waals surface area contributed by atoms with E-state index in [9.17, 15) is 0 Å². The summed E-state index contributed by atoms with van der Waals surface area (Å²) >= 11 is -0.293. The maximum atomic E-state index is 3.80. The number of hydrogen-bond donors (Lipinski definition) is 1. The molecule has 1 aliphatic rings. The Balaban J connectivity index is 0.00000210. The van der Waals surface area contributed by atoms with Gasteiger partial charge in [0.2, 0.25) is 0 Å². The third-order valence-electron chi connectivity index (χ3n) is 5.03. The minimum Gasteiger partial charge on any atom is -0.147 e. The maximum Gasteiger partial charge on any atom is -0.147 e. The second kappa shape index (κ2) is 12.0. The van der Waals surface area contributed by atoms with E-state index >= 15 is 0 Å². The largest absolute Gasteiger partial charge is 0.147 e. The molecular weight excluding hydrogens is 435 g/mol. The van der Waals surface area contributed by atoms with E-state index in [4.69, 9.17) is 0 Å². The van der Waals surface area contributed by atoms with Crippen LogP contribution in [0, 0.1) is 20.8 Å². The Kier molecular flexibility index (Phi) is 10.7. The Morgan fingerprint density at radius 3 is 2.31 bits per heavy atom. The molecular formula is C24H32Cl2N2Ti. The van der Waals surface area contributed by atoms with Gasteiger partial charge >= 0.3 is 174 Å². The fourth-order valence-corrected chi connectivity index (χ4v) is 5.71. The quantitative estimate of drug-likeness (QED) is 0.478. The monoisotopic (exact) mass is 466 g/mol. The van der Waals surface area contributed by atoms with Crippen LogP contribution in [0.1, 0.15) is 34.2 Å². The molecule has 1 aliphatic carbocycles. The molecule has 0 saturated carbocycles. The minimum absolute atomic E-state index is 0. The van der Waals surface area contributed by atoms with Crippen molar-refractivity contribution in [2.24, 2.45) is 0 Å². The fourth-order valence-electron chi connectivity index (χ4n) is 3.90. The summed E-state index contributed by atoms with van der Waals surface area (Å²) in [6.07, 6.45) is 5.67. The van der Waals surface area contributed by atoms with E-state index in [0.717, 1.165) is 17.7 Å². The number of allylic oxidation sites excluding steroid dienone is 2. The van der Waals surface area contributed by atoms with Crippen molar-refractivity contribution in [3.8, 4) is 0 Å². The molecule has 3 rings (SSSR count). The predicted octanol–water partition coefficient (Wildman–Crippen LogP) is 6.34. The molecule has 0 aromatic heterocycles. The van der Waals surface area contributed by atoms with Crippen LogP contribution in [0.3, 0.4) is 0 Å². The maximum absolute atomic E-state index is 3.80. The van der Waals surface area contributed by atoms with Gasteiger partial charge in [0.05, 0.1) is 0 Å². The summed E-state index contributed by atoms with van der Waals surface area (Å²) in [6, 6.07) is 13.5. The van der Waals surface area contributed by atoms with Crippen LogP contribution in [0.2, 0.25) is 0 Å². The summed E-state index contributed by atoms with van der Waals surface area (Å²) < 4.78 is 4.96. The predicted molar refractivity (Wildman–Crippen MR) is 128 cm³/mol. The Hall–Kier alpha value is -1.03. The Morgan fingerprint density at radius 2 is 1.66 bits per heavy atom. The Morgan fingerprint density at radius 1 is 1.00 bits per heavy atom. The summed E-state index contributed by atoms with van der Waals surface area (Å²) in [5.74, 6) is 0. The molecule has 2 aromatic rings. The summed E-state index contributed by atoms with van der Waals surface area (Å²) in [5, 5.41) is 0. The number of rotatable bonds is 7. The van der Waals surface area contributed by atoms with Crippen LogP contribution in [0.15, 0.2) is 54.1 Å². The molecule has 0 spiro atoms. The molecule has 0 saturated heterocycles. The van der Waals surface area contributed by atoms with Crippen LogP contribution < -0.4 is 3.80 Å². The van der Waals surface area contributed by atoms with Gasteiger partial charge in [-0.15, -0.1) is 24.8 Å². The van der Waals surface area contributed by atoms with E-state index < -0.39 is 0 Å². The van der Waals surface area contributed by atoms with Crippen molar-refractivity contribution >= 4 is 36.1 Å².